The van der Waals surface area contributed by atoms with Gasteiger partial charge in [0, 0.05) is 31.1 Å². The Hall–Kier alpha value is -5.04. The van der Waals surface area contributed by atoms with Gasteiger partial charge in [-0.05, 0) is 54.9 Å². The summed E-state index contributed by atoms with van der Waals surface area (Å²) in [6, 6.07) is 16.4. The first-order chi connectivity index (χ1) is 24.0. The standard InChI is InChI=1S/C37H40N4O8S/c1-5-18-47-36(46)40-19-24(20-40)27(25-16-17-38-31(25)42)26-21-50-33-28(39-35(45)49-37(2,3)4)32(43)41(33)29(26)34(44)48-30(22-12-8-6-9-13-22)23-14-10-7-11-15-23/h5-15,21,24,28-30,33H,1,16-20H2,2-4H3,(H,38,42)(H,39,45)/t28-,29-,33-/m1/s1. The number of hydrogen-bond acceptors (Lipinski definition) is 9. The predicted octanol–water partition coefficient (Wildman–Crippen LogP) is 4.45. The number of nitrogens with one attached hydrogen (secondary N) is 2. The fraction of sp³-hybridized carbons (Fsp3) is 0.378. The highest BCUT2D eigenvalue weighted by Crippen LogP contribution is 2.47. The number of nitrogens with zero attached hydrogens (tertiary/aromatic N) is 2. The Morgan fingerprint density at radius 3 is 2.24 bits per heavy atom. The lowest BCUT2D eigenvalue weighted by Crippen LogP contribution is -2.74. The van der Waals surface area contributed by atoms with Gasteiger partial charge in [0.15, 0.2) is 12.1 Å². The number of benzene rings is 2. The molecule has 0 aromatic heterocycles. The topological polar surface area (TPSA) is 144 Å². The van der Waals surface area contributed by atoms with Gasteiger partial charge >= 0.3 is 18.2 Å². The maximum absolute atomic E-state index is 14.6. The van der Waals surface area contributed by atoms with Crippen LogP contribution in [0.15, 0.2) is 95.4 Å². The molecule has 2 N–H and O–H groups in total. The van der Waals surface area contributed by atoms with Crippen LogP contribution in [0.4, 0.5) is 9.59 Å². The minimum absolute atomic E-state index is 0.0625. The summed E-state index contributed by atoms with van der Waals surface area (Å²) in [4.78, 5) is 70.0. The molecule has 262 valence electrons. The van der Waals surface area contributed by atoms with Gasteiger partial charge in [-0.25, -0.2) is 14.4 Å². The normalized spacial score (nSPS) is 22.7. The van der Waals surface area contributed by atoms with Crippen molar-refractivity contribution in [2.45, 2.75) is 56.4 Å². The Morgan fingerprint density at radius 2 is 1.68 bits per heavy atom. The van der Waals surface area contributed by atoms with Crippen molar-refractivity contribution in [3.05, 3.63) is 107 Å². The predicted molar refractivity (Wildman–Crippen MR) is 185 cm³/mol. The summed E-state index contributed by atoms with van der Waals surface area (Å²) in [5, 5.41) is 6.67. The fourth-order valence-electron chi connectivity index (χ4n) is 6.51. The average molecular weight is 701 g/mol. The molecule has 12 nitrogen and oxygen atoms in total. The first-order valence-corrected chi connectivity index (χ1v) is 17.4. The molecule has 3 fully saturated rings. The number of ether oxygens (including phenoxy) is 3. The second kappa shape index (κ2) is 14.4. The number of fused-ring (bicyclic) bond motifs is 1. The van der Waals surface area contributed by atoms with Crippen LogP contribution in [-0.4, -0.2) is 89.1 Å². The summed E-state index contributed by atoms with van der Waals surface area (Å²) in [6.07, 6.45) is -0.161. The molecule has 4 amide bonds. The van der Waals surface area contributed by atoms with Crippen molar-refractivity contribution in [2.75, 3.05) is 26.2 Å². The highest BCUT2D eigenvalue weighted by atomic mass is 32.2. The molecule has 0 spiro atoms. The summed E-state index contributed by atoms with van der Waals surface area (Å²) < 4.78 is 17.0. The minimum atomic E-state index is -1.24. The molecule has 3 saturated heterocycles. The zero-order valence-corrected chi connectivity index (χ0v) is 28.9. The highest BCUT2D eigenvalue weighted by molar-refractivity contribution is 8.03. The van der Waals surface area contributed by atoms with Crippen molar-refractivity contribution in [2.24, 2.45) is 5.92 Å². The van der Waals surface area contributed by atoms with Gasteiger partial charge in [0.1, 0.15) is 23.6 Å². The minimum Gasteiger partial charge on any atom is -0.451 e. The van der Waals surface area contributed by atoms with Crippen molar-refractivity contribution >= 4 is 41.7 Å². The zero-order valence-electron chi connectivity index (χ0n) is 28.1. The van der Waals surface area contributed by atoms with Crippen LogP contribution in [0.25, 0.3) is 0 Å². The monoisotopic (exact) mass is 700 g/mol. The summed E-state index contributed by atoms with van der Waals surface area (Å²) in [5.74, 6) is -1.75. The summed E-state index contributed by atoms with van der Waals surface area (Å²) in [7, 11) is 0. The van der Waals surface area contributed by atoms with Crippen LogP contribution in [0, 0.1) is 5.92 Å². The number of likely N-dealkylation sites (tertiary alicyclic amines) is 1. The van der Waals surface area contributed by atoms with E-state index in [4.69, 9.17) is 14.2 Å². The van der Waals surface area contributed by atoms with E-state index in [1.807, 2.05) is 60.7 Å². The zero-order chi connectivity index (χ0) is 35.6. The molecule has 3 atom stereocenters. The van der Waals surface area contributed by atoms with E-state index >= 15 is 0 Å². The van der Waals surface area contributed by atoms with Gasteiger partial charge in [-0.15, -0.1) is 11.8 Å². The average Bonchev–Trinajstić information content (AvgIpc) is 3.50. The van der Waals surface area contributed by atoms with Crippen molar-refractivity contribution in [1.29, 1.82) is 0 Å². The van der Waals surface area contributed by atoms with E-state index in [2.05, 4.69) is 17.2 Å². The molecule has 2 aromatic carbocycles. The molecule has 0 bridgehead atoms. The highest BCUT2D eigenvalue weighted by Gasteiger charge is 2.58. The van der Waals surface area contributed by atoms with E-state index < -0.39 is 53.2 Å². The summed E-state index contributed by atoms with van der Waals surface area (Å²) in [5.41, 5.74) is 2.25. The van der Waals surface area contributed by atoms with Gasteiger partial charge in [0.05, 0.1) is 0 Å². The van der Waals surface area contributed by atoms with E-state index in [1.54, 1.807) is 26.2 Å². The largest absolute Gasteiger partial charge is 0.451 e. The Morgan fingerprint density at radius 1 is 1.04 bits per heavy atom. The lowest BCUT2D eigenvalue weighted by atomic mass is 9.79. The molecule has 0 aliphatic carbocycles. The van der Waals surface area contributed by atoms with Gasteiger partial charge in [0.2, 0.25) is 11.8 Å². The van der Waals surface area contributed by atoms with Crippen molar-refractivity contribution < 1.29 is 38.2 Å². The molecule has 4 aliphatic rings. The number of rotatable bonds is 9. The molecular formula is C37H40N4O8S. The molecule has 2 aromatic rings. The molecule has 50 heavy (non-hydrogen) atoms. The Bertz CT molecular complexity index is 1690. The molecule has 6 rings (SSSR count). The number of carbonyl (C=O) groups excluding carboxylic acids is 5. The van der Waals surface area contributed by atoms with Crippen LogP contribution < -0.4 is 10.6 Å². The van der Waals surface area contributed by atoms with E-state index in [0.717, 1.165) is 11.1 Å². The van der Waals surface area contributed by atoms with E-state index in [0.29, 0.717) is 29.7 Å². The third-order valence-corrected chi connectivity index (χ3v) is 9.93. The van der Waals surface area contributed by atoms with Crippen LogP contribution in [0.1, 0.15) is 44.4 Å². The number of hydrogen-bond donors (Lipinski definition) is 2. The number of thioether (sulfide) groups is 1. The molecule has 0 unspecified atom stereocenters. The third kappa shape index (κ3) is 7.14. The van der Waals surface area contributed by atoms with Crippen LogP contribution in [0.5, 0.6) is 0 Å². The Labute approximate surface area is 294 Å². The number of esters is 1. The smallest absolute Gasteiger partial charge is 0.410 e. The van der Waals surface area contributed by atoms with Crippen molar-refractivity contribution in [3.63, 3.8) is 0 Å². The fourth-order valence-corrected chi connectivity index (χ4v) is 7.75. The Balaban J connectivity index is 1.37. The molecule has 4 aliphatic heterocycles. The van der Waals surface area contributed by atoms with Crippen LogP contribution in [0.3, 0.4) is 0 Å². The van der Waals surface area contributed by atoms with Crippen LogP contribution in [-0.2, 0) is 28.6 Å². The van der Waals surface area contributed by atoms with Crippen molar-refractivity contribution in [3.8, 4) is 0 Å². The van der Waals surface area contributed by atoms with Crippen molar-refractivity contribution in [1.82, 2.24) is 20.4 Å². The van der Waals surface area contributed by atoms with Gasteiger partial charge in [-0.1, -0.05) is 73.3 Å². The lowest BCUT2D eigenvalue weighted by Gasteiger charge is -2.53. The van der Waals surface area contributed by atoms with E-state index in [9.17, 15) is 24.0 Å². The number of alkyl carbamates (subject to hydrolysis) is 1. The molecule has 0 saturated carbocycles. The van der Waals surface area contributed by atoms with Gasteiger partial charge < -0.3 is 34.6 Å². The Kier molecular flexibility index (Phi) is 10.1. The molecule has 13 heteroatoms. The number of β-lactam (4-membered cyclic amide) rings is 1. The quantitative estimate of drug-likeness (QED) is 0.128. The molecule has 0 radical (unpaired) electrons. The maximum atomic E-state index is 14.6. The SMILES string of the molecule is C=CCOC(=O)N1CC(C(C2=CS[C@@H]3[C@H](NC(=O)OC(C)(C)C)C(=O)N3[C@H]2C(=O)OC(c2ccccc2)c2ccccc2)=C2CCNC2=O)C1. The van der Waals surface area contributed by atoms with Gasteiger partial charge in [-0.2, -0.15) is 0 Å². The number of amides is 4. The number of carbonyl (C=O) groups is 5. The van der Waals surface area contributed by atoms with E-state index in [1.165, 1.54) is 27.6 Å². The summed E-state index contributed by atoms with van der Waals surface area (Å²) in [6.45, 7) is 9.74. The van der Waals surface area contributed by atoms with E-state index in [-0.39, 0.29) is 31.5 Å². The second-order valence-electron chi connectivity index (χ2n) is 13.4. The first-order valence-electron chi connectivity index (χ1n) is 16.5. The lowest BCUT2D eigenvalue weighted by molar-refractivity contribution is -0.164. The second-order valence-corrected chi connectivity index (χ2v) is 14.4. The summed E-state index contributed by atoms with van der Waals surface area (Å²) >= 11 is 1.27. The van der Waals surface area contributed by atoms with Crippen LogP contribution >= 0.6 is 11.8 Å². The van der Waals surface area contributed by atoms with Gasteiger partial charge in [-0.3, -0.25) is 9.59 Å². The molecule has 4 heterocycles. The van der Waals surface area contributed by atoms with Gasteiger partial charge in [0.25, 0.3) is 0 Å². The van der Waals surface area contributed by atoms with Crippen LogP contribution in [0.2, 0.25) is 0 Å². The first kappa shape index (κ1) is 34.8. The molecular weight excluding hydrogens is 660 g/mol. The maximum Gasteiger partial charge on any atom is 0.410 e. The third-order valence-electron chi connectivity index (χ3n) is 8.76.